The molecule has 0 aromatic heterocycles. The summed E-state index contributed by atoms with van der Waals surface area (Å²) in [4.78, 5) is 14.0. The SMILES string of the molecule is O=C(CC1CC2CCC(C1)N2)N1CCS(=O)(=O)CC1. The maximum atomic E-state index is 12.2. The molecule has 3 aliphatic rings. The van der Waals surface area contributed by atoms with E-state index >= 15 is 0 Å². The Balaban J connectivity index is 1.51. The van der Waals surface area contributed by atoms with Crippen LogP contribution in [0.5, 0.6) is 0 Å². The van der Waals surface area contributed by atoms with E-state index in [9.17, 15) is 13.2 Å². The molecule has 5 nitrogen and oxygen atoms in total. The molecule has 19 heavy (non-hydrogen) atoms. The number of fused-ring (bicyclic) bond motifs is 2. The van der Waals surface area contributed by atoms with Gasteiger partial charge >= 0.3 is 0 Å². The fraction of sp³-hybridized carbons (Fsp3) is 0.923. The summed E-state index contributed by atoms with van der Waals surface area (Å²) < 4.78 is 22.7. The van der Waals surface area contributed by atoms with Gasteiger partial charge < -0.3 is 10.2 Å². The highest BCUT2D eigenvalue weighted by atomic mass is 32.2. The van der Waals surface area contributed by atoms with Crippen LogP contribution in [0.2, 0.25) is 0 Å². The minimum atomic E-state index is -2.89. The van der Waals surface area contributed by atoms with Crippen LogP contribution in [0.1, 0.15) is 32.1 Å². The minimum absolute atomic E-state index is 0.135. The Morgan fingerprint density at radius 1 is 1.11 bits per heavy atom. The number of carbonyl (C=O) groups excluding carboxylic acids is 1. The van der Waals surface area contributed by atoms with Crippen molar-refractivity contribution in [3.05, 3.63) is 0 Å². The molecule has 3 rings (SSSR count). The van der Waals surface area contributed by atoms with Gasteiger partial charge in [0.2, 0.25) is 5.91 Å². The fourth-order valence-corrected chi connectivity index (χ4v) is 4.88. The van der Waals surface area contributed by atoms with Crippen LogP contribution in [-0.4, -0.2) is 55.9 Å². The second-order valence-corrected chi connectivity index (χ2v) is 8.52. The smallest absolute Gasteiger partial charge is 0.222 e. The molecule has 0 aromatic rings. The van der Waals surface area contributed by atoms with Gasteiger partial charge in [0.05, 0.1) is 11.5 Å². The zero-order chi connectivity index (χ0) is 13.5. The molecule has 6 heteroatoms. The summed E-state index contributed by atoms with van der Waals surface area (Å²) in [5.41, 5.74) is 0. The van der Waals surface area contributed by atoms with Crippen molar-refractivity contribution in [2.45, 2.75) is 44.2 Å². The van der Waals surface area contributed by atoms with Crippen molar-refractivity contribution in [1.29, 1.82) is 0 Å². The van der Waals surface area contributed by atoms with Crippen molar-refractivity contribution in [2.24, 2.45) is 5.92 Å². The lowest BCUT2D eigenvalue weighted by Crippen LogP contribution is -2.45. The minimum Gasteiger partial charge on any atom is -0.341 e. The zero-order valence-electron chi connectivity index (χ0n) is 11.2. The van der Waals surface area contributed by atoms with Crippen molar-refractivity contribution in [1.82, 2.24) is 10.2 Å². The Labute approximate surface area is 114 Å². The predicted molar refractivity (Wildman–Crippen MR) is 72.5 cm³/mol. The highest BCUT2D eigenvalue weighted by molar-refractivity contribution is 7.91. The van der Waals surface area contributed by atoms with E-state index in [0.29, 0.717) is 37.5 Å². The lowest BCUT2D eigenvalue weighted by atomic mass is 9.89. The van der Waals surface area contributed by atoms with Gasteiger partial charge in [-0.1, -0.05) is 0 Å². The molecule has 2 atom stereocenters. The van der Waals surface area contributed by atoms with Crippen LogP contribution in [0, 0.1) is 5.92 Å². The third-order valence-electron chi connectivity index (χ3n) is 4.73. The van der Waals surface area contributed by atoms with Gasteiger partial charge in [-0.25, -0.2) is 8.42 Å². The molecule has 3 saturated heterocycles. The summed E-state index contributed by atoms with van der Waals surface area (Å²) in [5.74, 6) is 0.915. The average molecular weight is 286 g/mol. The molecule has 0 radical (unpaired) electrons. The zero-order valence-corrected chi connectivity index (χ0v) is 12.0. The second-order valence-electron chi connectivity index (χ2n) is 6.21. The first-order valence-electron chi connectivity index (χ1n) is 7.26. The van der Waals surface area contributed by atoms with Gasteiger partial charge in [0.1, 0.15) is 0 Å². The molecule has 0 saturated carbocycles. The average Bonchev–Trinajstić information content (AvgIpc) is 2.68. The fourth-order valence-electron chi connectivity index (χ4n) is 3.68. The van der Waals surface area contributed by atoms with Gasteiger partial charge in [0.15, 0.2) is 9.84 Å². The van der Waals surface area contributed by atoms with E-state index in [4.69, 9.17) is 0 Å². The van der Waals surface area contributed by atoms with Gasteiger partial charge in [-0.3, -0.25) is 4.79 Å². The van der Waals surface area contributed by atoms with E-state index in [-0.39, 0.29) is 17.4 Å². The van der Waals surface area contributed by atoms with Crippen LogP contribution in [0.25, 0.3) is 0 Å². The number of sulfone groups is 1. The maximum absolute atomic E-state index is 12.2. The summed E-state index contributed by atoms with van der Waals surface area (Å²) in [6, 6.07) is 1.22. The Morgan fingerprint density at radius 3 is 2.26 bits per heavy atom. The molecule has 0 aliphatic carbocycles. The van der Waals surface area contributed by atoms with Crippen LogP contribution >= 0.6 is 0 Å². The number of carbonyl (C=O) groups is 1. The summed E-state index contributed by atoms with van der Waals surface area (Å²) >= 11 is 0. The first kappa shape index (κ1) is 13.4. The van der Waals surface area contributed by atoms with Crippen LogP contribution in [0.4, 0.5) is 0 Å². The third-order valence-corrected chi connectivity index (χ3v) is 6.34. The molecule has 3 fully saturated rings. The monoisotopic (exact) mass is 286 g/mol. The van der Waals surface area contributed by atoms with Crippen molar-refractivity contribution in [3.63, 3.8) is 0 Å². The van der Waals surface area contributed by atoms with Gasteiger partial charge in [0, 0.05) is 31.6 Å². The summed E-state index contributed by atoms with van der Waals surface area (Å²) in [6.07, 6.45) is 5.31. The number of hydrogen-bond donors (Lipinski definition) is 1. The Bertz CT molecular complexity index is 437. The van der Waals surface area contributed by atoms with Crippen molar-refractivity contribution in [2.75, 3.05) is 24.6 Å². The Hall–Kier alpha value is -0.620. The molecule has 0 aromatic carbocycles. The maximum Gasteiger partial charge on any atom is 0.222 e. The predicted octanol–water partition coefficient (Wildman–Crippen LogP) is 0.164. The van der Waals surface area contributed by atoms with E-state index in [2.05, 4.69) is 5.32 Å². The summed E-state index contributed by atoms with van der Waals surface area (Å²) in [5, 5.41) is 3.58. The third kappa shape index (κ3) is 3.11. The molecule has 1 amide bonds. The van der Waals surface area contributed by atoms with E-state index in [0.717, 1.165) is 12.8 Å². The van der Waals surface area contributed by atoms with Crippen LogP contribution < -0.4 is 5.32 Å². The van der Waals surface area contributed by atoms with E-state index in [1.807, 2.05) is 0 Å². The number of hydrogen-bond acceptors (Lipinski definition) is 4. The number of rotatable bonds is 2. The van der Waals surface area contributed by atoms with Gasteiger partial charge in [-0.2, -0.15) is 0 Å². The van der Waals surface area contributed by atoms with Crippen molar-refractivity contribution >= 4 is 15.7 Å². The summed E-state index contributed by atoms with van der Waals surface area (Å²) in [6.45, 7) is 0.776. The number of nitrogens with one attached hydrogen (secondary N) is 1. The van der Waals surface area contributed by atoms with E-state index < -0.39 is 9.84 Å². The van der Waals surface area contributed by atoms with E-state index in [1.54, 1.807) is 4.90 Å². The largest absolute Gasteiger partial charge is 0.341 e. The Morgan fingerprint density at radius 2 is 1.68 bits per heavy atom. The number of nitrogens with zero attached hydrogens (tertiary/aromatic N) is 1. The molecular formula is C13H22N2O3S. The van der Waals surface area contributed by atoms with Gasteiger partial charge in [-0.15, -0.1) is 0 Å². The molecule has 1 N–H and O–H groups in total. The molecule has 0 spiro atoms. The van der Waals surface area contributed by atoms with Crippen LogP contribution in [0.3, 0.4) is 0 Å². The lowest BCUT2D eigenvalue weighted by Gasteiger charge is -2.32. The lowest BCUT2D eigenvalue weighted by molar-refractivity contribution is -0.132. The summed E-state index contributed by atoms with van der Waals surface area (Å²) in [7, 11) is -2.89. The van der Waals surface area contributed by atoms with Crippen molar-refractivity contribution in [3.8, 4) is 0 Å². The normalized spacial score (nSPS) is 37.3. The molecule has 3 heterocycles. The standard InChI is InChI=1S/C13H22N2O3S/c16-13(15-3-5-19(17,18)6-4-15)9-10-7-11-1-2-12(8-10)14-11/h10-12,14H,1-9H2. The van der Waals surface area contributed by atoms with E-state index in [1.165, 1.54) is 12.8 Å². The van der Waals surface area contributed by atoms with Gasteiger partial charge in [-0.05, 0) is 31.6 Å². The quantitative estimate of drug-likeness (QED) is 0.785. The highest BCUT2D eigenvalue weighted by Gasteiger charge is 2.35. The molecule has 2 bridgehead atoms. The first-order chi connectivity index (χ1) is 9.02. The van der Waals surface area contributed by atoms with Crippen molar-refractivity contribution < 1.29 is 13.2 Å². The topological polar surface area (TPSA) is 66.5 Å². The molecular weight excluding hydrogens is 264 g/mol. The Kier molecular flexibility index (Phi) is 3.55. The van der Waals surface area contributed by atoms with Gasteiger partial charge in [0.25, 0.3) is 0 Å². The highest BCUT2D eigenvalue weighted by Crippen LogP contribution is 2.33. The molecule has 3 aliphatic heterocycles. The van der Waals surface area contributed by atoms with Crippen LogP contribution in [-0.2, 0) is 14.6 Å². The number of piperidine rings is 1. The molecule has 2 unspecified atom stereocenters. The number of amides is 1. The van der Waals surface area contributed by atoms with Crippen LogP contribution in [0.15, 0.2) is 0 Å². The molecule has 108 valence electrons. The second kappa shape index (κ2) is 5.05. The first-order valence-corrected chi connectivity index (χ1v) is 9.08.